The highest BCUT2D eigenvalue weighted by atomic mass is 16.4. The van der Waals surface area contributed by atoms with E-state index in [0.717, 1.165) is 25.7 Å². The summed E-state index contributed by atoms with van der Waals surface area (Å²) in [5.41, 5.74) is 0. The van der Waals surface area contributed by atoms with Crippen LogP contribution >= 0.6 is 0 Å². The Morgan fingerprint density at radius 1 is 1.29 bits per heavy atom. The first-order valence-electron chi connectivity index (χ1n) is 5.14. The highest BCUT2D eigenvalue weighted by Gasteiger charge is 2.26. The van der Waals surface area contributed by atoms with Gasteiger partial charge in [-0.1, -0.05) is 19.3 Å². The smallest absolute Gasteiger partial charge is 0.405 e. The molecule has 1 rings (SSSR count). The van der Waals surface area contributed by atoms with Gasteiger partial charge in [0.2, 0.25) is 0 Å². The Bertz CT molecular complexity index is 221. The zero-order valence-corrected chi connectivity index (χ0v) is 8.45. The molecule has 0 aromatic rings. The summed E-state index contributed by atoms with van der Waals surface area (Å²) in [6.07, 6.45) is 4.10. The molecule has 1 fully saturated rings. The monoisotopic (exact) mass is 199 g/mol. The van der Waals surface area contributed by atoms with Crippen LogP contribution in [0, 0.1) is 5.92 Å². The van der Waals surface area contributed by atoms with E-state index in [0.29, 0.717) is 0 Å². The third-order valence-electron chi connectivity index (χ3n) is 2.77. The lowest BCUT2D eigenvalue weighted by molar-refractivity contribution is -0.125. The molecule has 2 N–H and O–H groups in total. The van der Waals surface area contributed by atoms with Crippen molar-refractivity contribution in [2.75, 3.05) is 0 Å². The molecule has 0 aromatic heterocycles. The van der Waals surface area contributed by atoms with Gasteiger partial charge in [0, 0.05) is 5.92 Å². The molecule has 0 spiro atoms. The summed E-state index contributed by atoms with van der Waals surface area (Å²) >= 11 is 0. The van der Waals surface area contributed by atoms with Gasteiger partial charge in [-0.3, -0.25) is 4.79 Å². The second kappa shape index (κ2) is 4.98. The average molecular weight is 199 g/mol. The Kier molecular flexibility index (Phi) is 3.92. The van der Waals surface area contributed by atoms with Gasteiger partial charge in [0.25, 0.3) is 0 Å². The number of rotatable bonds is 3. The molecule has 80 valence electrons. The standard InChI is InChI=1S/C10H17NO3/c1-7(11-10(13)14)9(12)8-5-3-2-4-6-8/h7-8,11H,2-6H2,1H3,(H,13,14). The number of ketones is 1. The van der Waals surface area contributed by atoms with Crippen LogP contribution in [0.15, 0.2) is 0 Å². The molecule has 1 aliphatic rings. The van der Waals surface area contributed by atoms with Crippen molar-refractivity contribution in [3.8, 4) is 0 Å². The van der Waals surface area contributed by atoms with Crippen molar-refractivity contribution in [1.29, 1.82) is 0 Å². The molecule has 1 aliphatic carbocycles. The van der Waals surface area contributed by atoms with E-state index < -0.39 is 12.1 Å². The van der Waals surface area contributed by atoms with Crippen LogP contribution in [0.2, 0.25) is 0 Å². The van der Waals surface area contributed by atoms with Crippen molar-refractivity contribution in [2.24, 2.45) is 5.92 Å². The molecular weight excluding hydrogens is 182 g/mol. The van der Waals surface area contributed by atoms with Gasteiger partial charge >= 0.3 is 6.09 Å². The third-order valence-corrected chi connectivity index (χ3v) is 2.77. The van der Waals surface area contributed by atoms with Crippen molar-refractivity contribution in [1.82, 2.24) is 5.32 Å². The van der Waals surface area contributed by atoms with E-state index in [4.69, 9.17) is 5.11 Å². The highest BCUT2D eigenvalue weighted by molar-refractivity contribution is 5.88. The highest BCUT2D eigenvalue weighted by Crippen LogP contribution is 2.25. The van der Waals surface area contributed by atoms with Gasteiger partial charge in [0.05, 0.1) is 6.04 Å². The normalized spacial score (nSPS) is 20.1. The number of Topliss-reactive ketones (excluding diaryl/α,β-unsaturated/α-hetero) is 1. The SMILES string of the molecule is CC(NC(=O)O)C(=O)C1CCCCC1. The molecule has 4 nitrogen and oxygen atoms in total. The quantitative estimate of drug-likeness (QED) is 0.728. The predicted molar refractivity (Wildman–Crippen MR) is 52.2 cm³/mol. The fraction of sp³-hybridized carbons (Fsp3) is 0.800. The summed E-state index contributed by atoms with van der Waals surface area (Å²) in [5.74, 6) is 0.123. The van der Waals surface area contributed by atoms with E-state index in [1.165, 1.54) is 6.42 Å². The van der Waals surface area contributed by atoms with Gasteiger partial charge in [0.15, 0.2) is 5.78 Å². The first kappa shape index (κ1) is 11.0. The number of amides is 1. The molecule has 0 radical (unpaired) electrons. The van der Waals surface area contributed by atoms with E-state index in [1.807, 2.05) is 0 Å². The van der Waals surface area contributed by atoms with Crippen molar-refractivity contribution in [3.05, 3.63) is 0 Å². The lowest BCUT2D eigenvalue weighted by atomic mass is 9.84. The lowest BCUT2D eigenvalue weighted by Crippen LogP contribution is -2.41. The molecule has 1 amide bonds. The Morgan fingerprint density at radius 3 is 2.36 bits per heavy atom. The lowest BCUT2D eigenvalue weighted by Gasteiger charge is -2.23. The minimum atomic E-state index is -1.12. The second-order valence-corrected chi connectivity index (χ2v) is 3.91. The van der Waals surface area contributed by atoms with Crippen LogP contribution in [0.4, 0.5) is 4.79 Å². The van der Waals surface area contributed by atoms with Crippen molar-refractivity contribution >= 4 is 11.9 Å². The van der Waals surface area contributed by atoms with E-state index >= 15 is 0 Å². The fourth-order valence-electron chi connectivity index (χ4n) is 2.00. The molecule has 1 saturated carbocycles. The molecular formula is C10H17NO3. The largest absolute Gasteiger partial charge is 0.465 e. The summed E-state index contributed by atoms with van der Waals surface area (Å²) in [7, 11) is 0. The number of hydrogen-bond donors (Lipinski definition) is 2. The minimum absolute atomic E-state index is 0.0482. The zero-order valence-electron chi connectivity index (χ0n) is 8.45. The third kappa shape index (κ3) is 3.01. The molecule has 1 unspecified atom stereocenters. The summed E-state index contributed by atoms with van der Waals surface area (Å²) in [6, 6.07) is -0.560. The van der Waals surface area contributed by atoms with E-state index in [2.05, 4.69) is 5.32 Å². The fourth-order valence-corrected chi connectivity index (χ4v) is 2.00. The topological polar surface area (TPSA) is 66.4 Å². The second-order valence-electron chi connectivity index (χ2n) is 3.91. The Hall–Kier alpha value is -1.06. The van der Waals surface area contributed by atoms with Crippen LogP contribution in [0.25, 0.3) is 0 Å². The number of carbonyl (C=O) groups excluding carboxylic acids is 1. The summed E-state index contributed by atoms with van der Waals surface area (Å²) in [6.45, 7) is 1.62. The number of carboxylic acid groups (broad SMARTS) is 1. The zero-order chi connectivity index (χ0) is 10.6. The van der Waals surface area contributed by atoms with Crippen LogP contribution in [0.5, 0.6) is 0 Å². The molecule has 1 atom stereocenters. The molecule has 14 heavy (non-hydrogen) atoms. The molecule has 0 bridgehead atoms. The van der Waals surface area contributed by atoms with E-state index in [1.54, 1.807) is 6.92 Å². The number of carbonyl (C=O) groups is 2. The van der Waals surface area contributed by atoms with E-state index in [9.17, 15) is 9.59 Å². The van der Waals surface area contributed by atoms with Gasteiger partial charge in [-0.05, 0) is 19.8 Å². The molecule has 0 aliphatic heterocycles. The molecule has 0 heterocycles. The maximum absolute atomic E-state index is 11.7. The molecule has 0 saturated heterocycles. The van der Waals surface area contributed by atoms with Crippen LogP contribution in [0.1, 0.15) is 39.0 Å². The van der Waals surface area contributed by atoms with Gasteiger partial charge in [0.1, 0.15) is 0 Å². The van der Waals surface area contributed by atoms with Crippen molar-refractivity contribution in [3.63, 3.8) is 0 Å². The Morgan fingerprint density at radius 2 is 1.86 bits per heavy atom. The number of hydrogen-bond acceptors (Lipinski definition) is 2. The molecule has 0 aromatic carbocycles. The summed E-state index contributed by atoms with van der Waals surface area (Å²) in [4.78, 5) is 22.0. The van der Waals surface area contributed by atoms with Crippen molar-refractivity contribution < 1.29 is 14.7 Å². The van der Waals surface area contributed by atoms with Crippen molar-refractivity contribution in [2.45, 2.75) is 45.1 Å². The van der Waals surface area contributed by atoms with Gasteiger partial charge in [-0.15, -0.1) is 0 Å². The molecule has 4 heteroatoms. The van der Waals surface area contributed by atoms with E-state index in [-0.39, 0.29) is 11.7 Å². The van der Waals surface area contributed by atoms with Crippen LogP contribution < -0.4 is 5.32 Å². The maximum Gasteiger partial charge on any atom is 0.405 e. The average Bonchev–Trinajstić information content (AvgIpc) is 2.17. The minimum Gasteiger partial charge on any atom is -0.465 e. The van der Waals surface area contributed by atoms with Gasteiger partial charge in [-0.25, -0.2) is 4.79 Å². The Balaban J connectivity index is 2.42. The Labute approximate surface area is 83.7 Å². The first-order valence-corrected chi connectivity index (χ1v) is 5.14. The van der Waals surface area contributed by atoms with Gasteiger partial charge < -0.3 is 10.4 Å². The number of nitrogens with one attached hydrogen (secondary N) is 1. The predicted octanol–water partition coefficient (Wildman–Crippen LogP) is 1.79. The maximum atomic E-state index is 11.7. The van der Waals surface area contributed by atoms with Crippen LogP contribution in [-0.2, 0) is 4.79 Å². The van der Waals surface area contributed by atoms with Crippen LogP contribution in [0.3, 0.4) is 0 Å². The van der Waals surface area contributed by atoms with Crippen LogP contribution in [-0.4, -0.2) is 23.0 Å². The summed E-state index contributed by atoms with van der Waals surface area (Å²) in [5, 5.41) is 10.7. The summed E-state index contributed by atoms with van der Waals surface area (Å²) < 4.78 is 0. The van der Waals surface area contributed by atoms with Gasteiger partial charge in [-0.2, -0.15) is 0 Å². The first-order chi connectivity index (χ1) is 6.61.